The maximum Gasteiger partial charge on any atom is 0.172 e. The van der Waals surface area contributed by atoms with Crippen molar-refractivity contribution in [3.63, 3.8) is 0 Å². The van der Waals surface area contributed by atoms with Crippen molar-refractivity contribution >= 4 is 11.3 Å². The van der Waals surface area contributed by atoms with E-state index in [9.17, 15) is 15.8 Å². The number of benzene rings is 1. The van der Waals surface area contributed by atoms with Gasteiger partial charge in [0.25, 0.3) is 0 Å². The zero-order valence-electron chi connectivity index (χ0n) is 20.6. The first-order valence-electron chi connectivity index (χ1n) is 12.2. The second-order valence-electron chi connectivity index (χ2n) is 9.06. The summed E-state index contributed by atoms with van der Waals surface area (Å²) in [5.74, 6) is 0.0834. The van der Waals surface area contributed by atoms with Crippen LogP contribution < -0.4 is 4.90 Å². The summed E-state index contributed by atoms with van der Waals surface area (Å²) in [5.41, 5.74) is 2.07. The molecular weight excluding hydrogens is 408 g/mol. The smallest absolute Gasteiger partial charge is 0.172 e. The molecule has 1 aliphatic rings. The second-order valence-corrected chi connectivity index (χ2v) is 9.06. The van der Waals surface area contributed by atoms with Crippen molar-refractivity contribution in [2.45, 2.75) is 84.7 Å². The molecule has 33 heavy (non-hydrogen) atoms. The lowest BCUT2D eigenvalue weighted by atomic mass is 9.89. The van der Waals surface area contributed by atoms with Crippen molar-refractivity contribution in [1.82, 2.24) is 0 Å². The number of anilines is 1. The van der Waals surface area contributed by atoms with Crippen LogP contribution in [0.4, 0.5) is 5.69 Å². The number of hydrogen-bond acceptors (Lipinski definition) is 5. The first-order valence-corrected chi connectivity index (χ1v) is 12.2. The molecule has 0 radical (unpaired) electrons. The number of nitrogens with zero attached hydrogens (tertiary/aromatic N) is 4. The first kappa shape index (κ1) is 26.0. The fourth-order valence-electron chi connectivity index (χ4n) is 4.34. The summed E-state index contributed by atoms with van der Waals surface area (Å²) in [6.07, 6.45) is 9.88. The van der Waals surface area contributed by atoms with Gasteiger partial charge in [0.15, 0.2) is 11.3 Å². The molecule has 0 bridgehead atoms. The molecule has 0 atom stereocenters. The molecule has 174 valence electrons. The number of ether oxygens (including phenoxy) is 1. The monoisotopic (exact) mass is 444 g/mol. The zero-order chi connectivity index (χ0) is 24.3. The van der Waals surface area contributed by atoms with Gasteiger partial charge in [0.2, 0.25) is 0 Å². The lowest BCUT2D eigenvalue weighted by Gasteiger charge is -2.26. The summed E-state index contributed by atoms with van der Waals surface area (Å²) in [6.45, 7) is 10.3. The maximum atomic E-state index is 9.82. The van der Waals surface area contributed by atoms with Crippen LogP contribution in [-0.4, -0.2) is 18.7 Å². The van der Waals surface area contributed by atoms with E-state index in [-0.39, 0.29) is 16.9 Å². The largest absolute Gasteiger partial charge is 0.480 e. The van der Waals surface area contributed by atoms with Gasteiger partial charge in [-0.2, -0.15) is 15.8 Å². The third-order valence-corrected chi connectivity index (χ3v) is 6.08. The van der Waals surface area contributed by atoms with Crippen molar-refractivity contribution in [2.75, 3.05) is 18.0 Å². The average molecular weight is 445 g/mol. The summed E-state index contributed by atoms with van der Waals surface area (Å²) < 4.78 is 5.92. The molecule has 1 aromatic carbocycles. The highest BCUT2D eigenvalue weighted by Crippen LogP contribution is 2.45. The number of allylic oxidation sites excluding steroid dienone is 2. The van der Waals surface area contributed by atoms with Crippen molar-refractivity contribution in [3.8, 4) is 18.2 Å². The highest BCUT2D eigenvalue weighted by Gasteiger charge is 2.40. The molecule has 1 aromatic rings. The Kier molecular flexibility index (Phi) is 10.0. The number of rotatable bonds is 12. The van der Waals surface area contributed by atoms with E-state index in [2.05, 4.69) is 36.9 Å². The Morgan fingerprint density at radius 1 is 0.848 bits per heavy atom. The van der Waals surface area contributed by atoms with Gasteiger partial charge < -0.3 is 9.64 Å². The molecule has 0 aromatic heterocycles. The van der Waals surface area contributed by atoms with Crippen LogP contribution in [0.5, 0.6) is 0 Å². The molecule has 1 heterocycles. The molecular formula is C28H36N4O. The van der Waals surface area contributed by atoms with Crippen molar-refractivity contribution in [1.29, 1.82) is 15.8 Å². The Bertz CT molecular complexity index is 953. The van der Waals surface area contributed by atoms with E-state index in [1.165, 1.54) is 57.1 Å². The predicted octanol–water partition coefficient (Wildman–Crippen LogP) is 7.04. The molecule has 0 saturated heterocycles. The van der Waals surface area contributed by atoms with E-state index in [4.69, 9.17) is 4.74 Å². The van der Waals surface area contributed by atoms with Gasteiger partial charge in [0, 0.05) is 24.4 Å². The van der Waals surface area contributed by atoms with Gasteiger partial charge in [-0.3, -0.25) is 0 Å². The van der Waals surface area contributed by atoms with E-state index < -0.39 is 5.60 Å². The van der Waals surface area contributed by atoms with Crippen LogP contribution >= 0.6 is 0 Å². The SMILES string of the molecule is CCCCCCN(CCCCCC)c1ccc(C2=C(C#N)C(=C(C#N)C#N)OC2(C)C)cc1. The summed E-state index contributed by atoms with van der Waals surface area (Å²) >= 11 is 0. The van der Waals surface area contributed by atoms with Crippen LogP contribution in [0.2, 0.25) is 0 Å². The van der Waals surface area contributed by atoms with Gasteiger partial charge in [-0.25, -0.2) is 0 Å². The van der Waals surface area contributed by atoms with Crippen LogP contribution in [0.3, 0.4) is 0 Å². The van der Waals surface area contributed by atoms with E-state index in [0.717, 1.165) is 18.7 Å². The molecule has 0 aliphatic carbocycles. The zero-order valence-corrected chi connectivity index (χ0v) is 20.6. The Hall–Kier alpha value is -3.23. The minimum absolute atomic E-state index is 0.0834. The number of unbranched alkanes of at least 4 members (excludes halogenated alkanes) is 6. The molecule has 0 saturated carbocycles. The minimum atomic E-state index is -0.805. The summed E-state index contributed by atoms with van der Waals surface area (Å²) in [5, 5.41) is 28.4. The standard InChI is InChI=1S/C28H36N4O/c1-5-7-9-11-17-32(18-12-10-8-6-2)24-15-13-22(14-16-24)26-25(21-31)27(23(19-29)20-30)33-28(26,3)4/h13-16H,5-12,17-18H2,1-4H3. The first-order chi connectivity index (χ1) is 15.9. The summed E-state index contributed by atoms with van der Waals surface area (Å²) in [6, 6.07) is 14.2. The highest BCUT2D eigenvalue weighted by molar-refractivity contribution is 5.84. The van der Waals surface area contributed by atoms with Crippen molar-refractivity contribution in [3.05, 3.63) is 46.7 Å². The van der Waals surface area contributed by atoms with Gasteiger partial charge in [-0.1, -0.05) is 64.5 Å². The van der Waals surface area contributed by atoms with E-state index in [1.54, 1.807) is 0 Å². The topological polar surface area (TPSA) is 83.8 Å². The van der Waals surface area contributed by atoms with Crippen LogP contribution in [-0.2, 0) is 4.74 Å². The lowest BCUT2D eigenvalue weighted by molar-refractivity contribution is 0.109. The quantitative estimate of drug-likeness (QED) is 0.255. The fourth-order valence-corrected chi connectivity index (χ4v) is 4.34. The van der Waals surface area contributed by atoms with Crippen LogP contribution in [0.15, 0.2) is 41.2 Å². The van der Waals surface area contributed by atoms with E-state index in [1.807, 2.05) is 38.1 Å². The third kappa shape index (κ3) is 6.63. The Labute approximate surface area is 199 Å². The van der Waals surface area contributed by atoms with Gasteiger partial charge in [0.1, 0.15) is 29.4 Å². The summed E-state index contributed by atoms with van der Waals surface area (Å²) in [4.78, 5) is 2.47. The Morgan fingerprint density at radius 3 is 1.85 bits per heavy atom. The number of nitriles is 3. The maximum absolute atomic E-state index is 9.82. The lowest BCUT2D eigenvalue weighted by Crippen LogP contribution is -2.26. The summed E-state index contributed by atoms with van der Waals surface area (Å²) in [7, 11) is 0. The van der Waals surface area contributed by atoms with E-state index >= 15 is 0 Å². The third-order valence-electron chi connectivity index (χ3n) is 6.08. The molecule has 5 heteroatoms. The predicted molar refractivity (Wildman–Crippen MR) is 133 cm³/mol. The Morgan fingerprint density at radius 2 is 1.39 bits per heavy atom. The normalized spacial score (nSPS) is 14.3. The van der Waals surface area contributed by atoms with Crippen LogP contribution in [0.25, 0.3) is 5.57 Å². The van der Waals surface area contributed by atoms with Gasteiger partial charge in [-0.15, -0.1) is 0 Å². The van der Waals surface area contributed by atoms with E-state index in [0.29, 0.717) is 5.57 Å². The van der Waals surface area contributed by atoms with Crippen molar-refractivity contribution < 1.29 is 4.74 Å². The second kappa shape index (κ2) is 12.7. The van der Waals surface area contributed by atoms with Crippen LogP contribution in [0, 0.1) is 34.0 Å². The van der Waals surface area contributed by atoms with Gasteiger partial charge in [-0.05, 0) is 44.4 Å². The fraction of sp³-hybridized carbons (Fsp3) is 0.536. The average Bonchev–Trinajstić information content (AvgIpc) is 3.09. The van der Waals surface area contributed by atoms with Gasteiger partial charge >= 0.3 is 0 Å². The molecule has 0 spiro atoms. The number of hydrogen-bond donors (Lipinski definition) is 0. The molecule has 0 N–H and O–H groups in total. The minimum Gasteiger partial charge on any atom is -0.480 e. The molecule has 5 nitrogen and oxygen atoms in total. The van der Waals surface area contributed by atoms with Crippen LogP contribution in [0.1, 0.15) is 84.6 Å². The van der Waals surface area contributed by atoms with Crippen molar-refractivity contribution in [2.24, 2.45) is 0 Å². The molecule has 2 rings (SSSR count). The molecule has 0 unspecified atom stereocenters. The molecule has 1 aliphatic heterocycles. The van der Waals surface area contributed by atoms with Gasteiger partial charge in [0.05, 0.1) is 0 Å². The highest BCUT2D eigenvalue weighted by atomic mass is 16.5. The molecule has 0 fully saturated rings. The molecule has 0 amide bonds. The Balaban J connectivity index is 2.34.